The van der Waals surface area contributed by atoms with Crippen LogP contribution in [-0.4, -0.2) is 29.6 Å². The molecule has 0 spiro atoms. The molecule has 1 saturated carbocycles. The van der Waals surface area contributed by atoms with Gasteiger partial charge in [0, 0.05) is 23.5 Å². The predicted molar refractivity (Wildman–Crippen MR) is 114 cm³/mol. The Morgan fingerprint density at radius 2 is 1.96 bits per heavy atom. The van der Waals surface area contributed by atoms with Gasteiger partial charge < -0.3 is 16.2 Å². The van der Waals surface area contributed by atoms with Crippen LogP contribution >= 0.6 is 11.6 Å². The van der Waals surface area contributed by atoms with Gasteiger partial charge in [0.05, 0.1) is 12.1 Å². The normalized spacial score (nSPS) is 14.9. The number of nitrogens with one attached hydrogen (secondary N) is 1. The molecule has 0 radical (unpaired) electrons. The summed E-state index contributed by atoms with van der Waals surface area (Å²) in [6.07, 6.45) is 5.09. The molecule has 8 heteroatoms. The Balaban J connectivity index is 0.00000136. The lowest BCUT2D eigenvalue weighted by molar-refractivity contribution is -0.148. The number of aliphatic imine (C=N–C) groups is 1. The van der Waals surface area contributed by atoms with Crippen molar-refractivity contribution in [1.29, 1.82) is 0 Å². The molecular weight excluding hydrogens is 378 g/mol. The average molecular weight is 406 g/mol. The number of methoxy groups -OCH3 is 1. The van der Waals surface area contributed by atoms with Crippen molar-refractivity contribution in [2.45, 2.75) is 51.6 Å². The zero-order valence-electron chi connectivity index (χ0n) is 16.6. The smallest absolute Gasteiger partial charge is 0.326 e. The third kappa shape index (κ3) is 4.72. The lowest BCUT2D eigenvalue weighted by Crippen LogP contribution is -2.50. The maximum atomic E-state index is 12.2. The zero-order valence-corrected chi connectivity index (χ0v) is 17.3. The van der Waals surface area contributed by atoms with E-state index >= 15 is 0 Å². The molecule has 1 aromatic heterocycles. The molecule has 2 aromatic rings. The van der Waals surface area contributed by atoms with E-state index in [2.05, 4.69) is 15.3 Å². The van der Waals surface area contributed by atoms with Gasteiger partial charge in [0.2, 0.25) is 0 Å². The number of carbonyl (C=O) groups is 1. The minimum Gasteiger partial charge on any atom is -0.468 e. The number of halogens is 1. The van der Waals surface area contributed by atoms with Gasteiger partial charge in [-0.25, -0.2) is 4.98 Å². The van der Waals surface area contributed by atoms with Crippen LogP contribution in [0, 0.1) is 0 Å². The molecule has 0 atom stereocenters. The van der Waals surface area contributed by atoms with Gasteiger partial charge >= 0.3 is 5.97 Å². The van der Waals surface area contributed by atoms with Crippen molar-refractivity contribution in [2.24, 2.45) is 16.5 Å². The molecule has 0 unspecified atom stereocenters. The first-order chi connectivity index (χ1) is 13.4. The maximum Gasteiger partial charge on any atom is 0.326 e. The van der Waals surface area contributed by atoms with Crippen molar-refractivity contribution in [3.05, 3.63) is 35.0 Å². The number of esters is 1. The Bertz CT molecular complexity index is 859. The van der Waals surface area contributed by atoms with Crippen LogP contribution in [0.5, 0.6) is 0 Å². The van der Waals surface area contributed by atoms with Crippen LogP contribution < -0.4 is 16.8 Å². The molecule has 0 saturated heterocycles. The van der Waals surface area contributed by atoms with Gasteiger partial charge in [-0.15, -0.1) is 0 Å². The summed E-state index contributed by atoms with van der Waals surface area (Å²) in [5.74, 6) is 0.136. The molecular formula is C20H28ClN5O2. The number of hydrogen-bond donors (Lipinski definition) is 3. The molecule has 1 aromatic carbocycles. The highest BCUT2D eigenvalue weighted by Gasteiger charge is 2.41. The summed E-state index contributed by atoms with van der Waals surface area (Å²) in [6.45, 7) is 4.51. The molecule has 0 bridgehead atoms. The number of nitrogens with two attached hydrogens (primary N) is 2. The zero-order chi connectivity index (χ0) is 20.7. The first-order valence-electron chi connectivity index (χ1n) is 9.45. The second kappa shape index (κ2) is 9.71. The lowest BCUT2D eigenvalue weighted by Gasteiger charge is -2.27. The van der Waals surface area contributed by atoms with E-state index in [-0.39, 0.29) is 11.9 Å². The summed E-state index contributed by atoms with van der Waals surface area (Å²) < 4.78 is 5.00. The number of guanidine groups is 1. The number of carbonyl (C=O) groups excluding carboxylic acids is 1. The van der Waals surface area contributed by atoms with Gasteiger partial charge in [-0.05, 0) is 24.5 Å². The van der Waals surface area contributed by atoms with Gasteiger partial charge in [0.15, 0.2) is 11.8 Å². The molecule has 1 aliphatic rings. The van der Waals surface area contributed by atoms with E-state index in [0.717, 1.165) is 42.0 Å². The van der Waals surface area contributed by atoms with Crippen LogP contribution in [0.25, 0.3) is 10.8 Å². The molecule has 1 fully saturated rings. The third-order valence-corrected chi connectivity index (χ3v) is 5.08. The lowest BCUT2D eigenvalue weighted by atomic mass is 9.97. The van der Waals surface area contributed by atoms with Crippen molar-refractivity contribution in [3.63, 3.8) is 0 Å². The Morgan fingerprint density at radius 1 is 1.29 bits per heavy atom. The highest BCUT2D eigenvalue weighted by atomic mass is 35.5. The second-order valence-corrected chi connectivity index (χ2v) is 6.89. The Hall–Kier alpha value is -2.38. The number of rotatable bonds is 5. The summed E-state index contributed by atoms with van der Waals surface area (Å²) in [6, 6.07) is 5.80. The largest absolute Gasteiger partial charge is 0.468 e. The first-order valence-corrected chi connectivity index (χ1v) is 9.83. The Kier molecular flexibility index (Phi) is 7.60. The monoisotopic (exact) mass is 405 g/mol. The first kappa shape index (κ1) is 21.9. The van der Waals surface area contributed by atoms with E-state index in [1.54, 1.807) is 0 Å². The molecule has 28 heavy (non-hydrogen) atoms. The van der Waals surface area contributed by atoms with Gasteiger partial charge in [-0.1, -0.05) is 50.4 Å². The molecule has 0 aliphatic heterocycles. The molecule has 5 N–H and O–H groups in total. The van der Waals surface area contributed by atoms with E-state index in [0.29, 0.717) is 17.4 Å². The van der Waals surface area contributed by atoms with Crippen molar-refractivity contribution < 1.29 is 9.53 Å². The summed E-state index contributed by atoms with van der Waals surface area (Å²) in [7, 11) is 1.43. The minimum atomic E-state index is -0.612. The average Bonchev–Trinajstić information content (AvgIpc) is 3.19. The van der Waals surface area contributed by atoms with E-state index in [9.17, 15) is 4.79 Å². The molecule has 3 rings (SSSR count). The number of hydrogen-bond acceptors (Lipinski definition) is 5. The summed E-state index contributed by atoms with van der Waals surface area (Å²) in [5, 5.41) is 5.48. The van der Waals surface area contributed by atoms with E-state index < -0.39 is 5.54 Å². The SMILES string of the molecule is CC.COC(=O)C1(NCc2ccc3c(Cl)cnc(N=C(N)N)c3c2)CCCC1. The van der Waals surface area contributed by atoms with Gasteiger partial charge in [0.1, 0.15) is 5.54 Å². The highest BCUT2D eigenvalue weighted by Crippen LogP contribution is 2.33. The number of pyridine rings is 1. The summed E-state index contributed by atoms with van der Waals surface area (Å²) >= 11 is 6.23. The van der Waals surface area contributed by atoms with Crippen LogP contribution in [0.2, 0.25) is 5.02 Å². The van der Waals surface area contributed by atoms with Crippen molar-refractivity contribution in [1.82, 2.24) is 10.3 Å². The fourth-order valence-electron chi connectivity index (χ4n) is 3.46. The van der Waals surface area contributed by atoms with Crippen molar-refractivity contribution in [2.75, 3.05) is 7.11 Å². The fraction of sp³-hybridized carbons (Fsp3) is 0.450. The predicted octanol–water partition coefficient (Wildman–Crippen LogP) is 3.39. The number of ether oxygens (including phenoxy) is 1. The molecule has 1 heterocycles. The fourth-order valence-corrected chi connectivity index (χ4v) is 3.67. The highest BCUT2D eigenvalue weighted by molar-refractivity contribution is 6.35. The number of aromatic nitrogens is 1. The van der Waals surface area contributed by atoms with E-state index in [1.807, 2.05) is 32.0 Å². The van der Waals surface area contributed by atoms with Crippen LogP contribution in [-0.2, 0) is 16.1 Å². The standard InChI is InChI=1S/C18H22ClN5O2.C2H6/c1-26-16(25)18(6-2-3-7-18)23-9-11-4-5-12-13(8-11)15(24-17(20)21)22-10-14(12)19;1-2/h4-5,8,10,23H,2-3,6-7,9H2,1H3,(H4,20,21,22,24);1-2H3. The van der Waals surface area contributed by atoms with Crippen LogP contribution in [0.15, 0.2) is 29.4 Å². The van der Waals surface area contributed by atoms with Gasteiger partial charge in [0.25, 0.3) is 0 Å². The quantitative estimate of drug-likeness (QED) is 0.399. The van der Waals surface area contributed by atoms with Gasteiger partial charge in [-0.3, -0.25) is 10.1 Å². The molecule has 152 valence electrons. The molecule has 0 amide bonds. The van der Waals surface area contributed by atoms with Crippen LogP contribution in [0.4, 0.5) is 5.82 Å². The molecule has 7 nitrogen and oxygen atoms in total. The Morgan fingerprint density at radius 3 is 2.57 bits per heavy atom. The van der Waals surface area contributed by atoms with Crippen molar-refractivity contribution >= 4 is 40.1 Å². The number of fused-ring (bicyclic) bond motifs is 1. The van der Waals surface area contributed by atoms with E-state index in [4.69, 9.17) is 27.8 Å². The minimum absolute atomic E-state index is 0.0692. The second-order valence-electron chi connectivity index (χ2n) is 6.48. The number of nitrogens with zero attached hydrogens (tertiary/aromatic N) is 2. The van der Waals surface area contributed by atoms with E-state index in [1.165, 1.54) is 13.3 Å². The molecule has 1 aliphatic carbocycles. The summed E-state index contributed by atoms with van der Waals surface area (Å²) in [5.41, 5.74) is 11.3. The maximum absolute atomic E-state index is 12.2. The Labute approximate surface area is 170 Å². The number of benzene rings is 1. The van der Waals surface area contributed by atoms with Crippen molar-refractivity contribution in [3.8, 4) is 0 Å². The summed E-state index contributed by atoms with van der Waals surface area (Å²) in [4.78, 5) is 20.5. The van der Waals surface area contributed by atoms with Gasteiger partial charge in [-0.2, -0.15) is 4.99 Å². The topological polar surface area (TPSA) is 116 Å². The van der Waals surface area contributed by atoms with Crippen LogP contribution in [0.3, 0.4) is 0 Å². The third-order valence-electron chi connectivity index (χ3n) is 4.78. The van der Waals surface area contributed by atoms with Crippen LogP contribution in [0.1, 0.15) is 45.1 Å².